The molecule has 0 aromatic rings. The van der Waals surface area contributed by atoms with Crippen LogP contribution >= 0.6 is 0 Å². The van der Waals surface area contributed by atoms with Crippen molar-refractivity contribution in [2.75, 3.05) is 39.6 Å². The van der Waals surface area contributed by atoms with E-state index in [0.717, 1.165) is 0 Å². The van der Waals surface area contributed by atoms with Crippen LogP contribution in [0.25, 0.3) is 0 Å². The predicted molar refractivity (Wildman–Crippen MR) is 57.5 cm³/mol. The van der Waals surface area contributed by atoms with E-state index in [1.807, 2.05) is 0 Å². The topological polar surface area (TPSA) is 65.3 Å². The highest BCUT2D eigenvalue weighted by Gasteiger charge is 2.41. The number of hydrogen-bond donors (Lipinski definition) is 0. The molecule has 3 unspecified atom stereocenters. The summed E-state index contributed by atoms with van der Waals surface area (Å²) >= 11 is 0. The van der Waals surface area contributed by atoms with Crippen LogP contribution in [0.15, 0.2) is 12.8 Å². The largest absolute Gasteiger partial charge is 0.370 e. The quantitative estimate of drug-likeness (QED) is 0.311. The summed E-state index contributed by atoms with van der Waals surface area (Å²) in [6.45, 7) is 7.07. The maximum atomic E-state index is 5.60. The molecule has 0 radical (unpaired) electrons. The van der Waals surface area contributed by atoms with Gasteiger partial charge in [-0.3, -0.25) is 0 Å². The molecule has 7 heteroatoms. The van der Waals surface area contributed by atoms with Gasteiger partial charge in [0.05, 0.1) is 19.8 Å². The second-order valence-electron chi connectivity index (χ2n) is 4.48. The molecule has 0 bridgehead atoms. The van der Waals surface area contributed by atoms with Crippen molar-refractivity contribution < 1.29 is 33.7 Å². The van der Waals surface area contributed by atoms with Crippen molar-refractivity contribution >= 4 is 0 Å². The molecule has 0 aliphatic carbocycles. The van der Waals surface area contributed by atoms with Crippen LogP contribution in [-0.4, -0.2) is 62.9 Å². The van der Waals surface area contributed by atoms with Crippen molar-refractivity contribution in [3.8, 4) is 0 Å². The third kappa shape index (κ3) is 3.72. The van der Waals surface area contributed by atoms with Gasteiger partial charge in [0.1, 0.15) is 43.1 Å². The molecule has 0 amide bonds. The number of quaternary nitrogens is 1. The second-order valence-corrected chi connectivity index (χ2v) is 4.48. The van der Waals surface area contributed by atoms with E-state index < -0.39 is 4.97 Å². The summed E-state index contributed by atoms with van der Waals surface area (Å²) in [5, 5.41) is 0. The van der Waals surface area contributed by atoms with Gasteiger partial charge in [-0.05, 0) is 6.58 Å². The molecule has 3 heterocycles. The lowest BCUT2D eigenvalue weighted by molar-refractivity contribution is -1.34. The van der Waals surface area contributed by atoms with E-state index in [-0.39, 0.29) is 18.3 Å². The maximum Gasteiger partial charge on any atom is 0.195 e. The lowest BCUT2D eigenvalue weighted by Gasteiger charge is -2.24. The molecule has 7 nitrogen and oxygen atoms in total. The lowest BCUT2D eigenvalue weighted by atomic mass is 10.5. The maximum absolute atomic E-state index is 5.60. The van der Waals surface area contributed by atoms with Crippen molar-refractivity contribution in [3.05, 3.63) is 12.8 Å². The zero-order chi connectivity index (χ0) is 12.4. The molecular formula is C11H18NO6+. The Morgan fingerprint density at radius 2 is 1.22 bits per heavy atom. The van der Waals surface area contributed by atoms with Gasteiger partial charge in [0.15, 0.2) is 6.20 Å². The average Bonchev–Trinajstić information content (AvgIpc) is 3.26. The number of rotatable bonds is 10. The Morgan fingerprint density at radius 1 is 0.889 bits per heavy atom. The first kappa shape index (κ1) is 12.5. The van der Waals surface area contributed by atoms with Gasteiger partial charge in [-0.1, -0.05) is 0 Å². The van der Waals surface area contributed by atoms with Gasteiger partial charge in [0.25, 0.3) is 0 Å². The Hall–Kier alpha value is -0.540. The summed E-state index contributed by atoms with van der Waals surface area (Å²) in [5.74, 6) is 0. The number of ether oxygens (including phenoxy) is 3. The summed E-state index contributed by atoms with van der Waals surface area (Å²) < 4.78 is 15.3. The standard InChI is InChI=1S/C11H18NO6/c1-2-12(16-6-9-3-13-9,17-7-10-4-14-10)18-8-11-5-15-11/h2,9-11H,1,3-8H2/q+1. The molecule has 3 fully saturated rings. The molecule has 0 spiro atoms. The van der Waals surface area contributed by atoms with E-state index in [9.17, 15) is 0 Å². The predicted octanol–water partition coefficient (Wildman–Crippen LogP) is -0.0621. The smallest absolute Gasteiger partial charge is 0.195 e. The van der Waals surface area contributed by atoms with Crippen LogP contribution in [0.5, 0.6) is 0 Å². The molecule has 3 rings (SSSR count). The van der Waals surface area contributed by atoms with Crippen molar-refractivity contribution in [3.63, 3.8) is 0 Å². The number of hydrogen-bond acceptors (Lipinski definition) is 6. The molecule has 0 aromatic carbocycles. The van der Waals surface area contributed by atoms with Crippen LogP contribution in [-0.2, 0) is 28.7 Å². The minimum absolute atomic E-state index is 0.129. The van der Waals surface area contributed by atoms with Crippen molar-refractivity contribution in [1.29, 1.82) is 0 Å². The van der Waals surface area contributed by atoms with E-state index in [1.54, 1.807) is 0 Å². The fraction of sp³-hybridized carbons (Fsp3) is 0.818. The molecular weight excluding hydrogens is 242 g/mol. The summed E-state index contributed by atoms with van der Waals surface area (Å²) in [7, 11) is 0. The molecule has 102 valence electrons. The third-order valence-electron chi connectivity index (χ3n) is 2.75. The Morgan fingerprint density at radius 3 is 1.44 bits per heavy atom. The number of hydroxylamine groups is 3. The highest BCUT2D eigenvalue weighted by atomic mass is 17.2. The number of nitrogens with zero attached hydrogens (tertiary/aromatic N) is 1. The van der Waals surface area contributed by atoms with Crippen LogP contribution in [0.2, 0.25) is 0 Å². The van der Waals surface area contributed by atoms with Gasteiger partial charge in [0.2, 0.25) is 0 Å². The molecule has 18 heavy (non-hydrogen) atoms. The second kappa shape index (κ2) is 5.22. The van der Waals surface area contributed by atoms with E-state index in [4.69, 9.17) is 28.7 Å². The first-order chi connectivity index (χ1) is 8.80. The van der Waals surface area contributed by atoms with Gasteiger partial charge in [-0.25, -0.2) is 0 Å². The molecule has 3 saturated heterocycles. The van der Waals surface area contributed by atoms with Crippen molar-refractivity contribution in [2.45, 2.75) is 18.3 Å². The van der Waals surface area contributed by atoms with Crippen LogP contribution in [0, 0.1) is 0 Å². The fourth-order valence-corrected chi connectivity index (χ4v) is 1.32. The highest BCUT2D eigenvalue weighted by Crippen LogP contribution is 2.22. The van der Waals surface area contributed by atoms with Gasteiger partial charge in [0, 0.05) is 0 Å². The number of epoxide rings is 3. The van der Waals surface area contributed by atoms with Gasteiger partial charge < -0.3 is 14.2 Å². The molecule has 0 N–H and O–H groups in total. The summed E-state index contributed by atoms with van der Waals surface area (Å²) in [5.41, 5.74) is 0. The molecule has 0 aromatic heterocycles. The van der Waals surface area contributed by atoms with Crippen LogP contribution in [0.1, 0.15) is 0 Å². The van der Waals surface area contributed by atoms with Crippen LogP contribution in [0.3, 0.4) is 0 Å². The molecule has 0 saturated carbocycles. The van der Waals surface area contributed by atoms with Gasteiger partial charge in [-0.15, -0.1) is 14.5 Å². The summed E-state index contributed by atoms with van der Waals surface area (Å²) in [6.07, 6.45) is 1.85. The fourth-order valence-electron chi connectivity index (χ4n) is 1.32. The van der Waals surface area contributed by atoms with Gasteiger partial charge >= 0.3 is 0 Å². The zero-order valence-corrected chi connectivity index (χ0v) is 10.2. The van der Waals surface area contributed by atoms with E-state index in [2.05, 4.69) is 6.58 Å². The van der Waals surface area contributed by atoms with Crippen LogP contribution < -0.4 is 0 Å². The van der Waals surface area contributed by atoms with Crippen molar-refractivity contribution in [1.82, 2.24) is 0 Å². The minimum Gasteiger partial charge on any atom is -0.370 e. The molecule has 3 aliphatic heterocycles. The molecule has 3 aliphatic rings. The van der Waals surface area contributed by atoms with Crippen LogP contribution in [0.4, 0.5) is 0 Å². The normalized spacial score (nSPS) is 35.9. The highest BCUT2D eigenvalue weighted by molar-refractivity contribution is 4.68. The van der Waals surface area contributed by atoms with E-state index >= 15 is 0 Å². The monoisotopic (exact) mass is 260 g/mol. The Bertz CT molecular complexity index is 259. The molecule has 3 atom stereocenters. The minimum atomic E-state index is -0.500. The Kier molecular flexibility index (Phi) is 3.62. The first-order valence-electron chi connectivity index (χ1n) is 6.10. The zero-order valence-electron chi connectivity index (χ0n) is 10.2. The third-order valence-corrected chi connectivity index (χ3v) is 2.75. The summed E-state index contributed by atoms with van der Waals surface area (Å²) in [6, 6.07) is 0. The average molecular weight is 260 g/mol. The summed E-state index contributed by atoms with van der Waals surface area (Å²) in [4.78, 5) is 16.3. The van der Waals surface area contributed by atoms with E-state index in [1.165, 1.54) is 6.20 Å². The Balaban J connectivity index is 1.51. The first-order valence-corrected chi connectivity index (χ1v) is 6.10. The SMILES string of the molecule is C=C[N+](OCC1CO1)(OCC1CO1)OCC1CO1. The van der Waals surface area contributed by atoms with E-state index in [0.29, 0.717) is 39.6 Å². The van der Waals surface area contributed by atoms with Crippen molar-refractivity contribution in [2.24, 2.45) is 0 Å². The lowest BCUT2D eigenvalue weighted by Crippen LogP contribution is -2.45. The Labute approximate surface area is 105 Å². The van der Waals surface area contributed by atoms with Gasteiger partial charge in [-0.2, -0.15) is 0 Å².